The monoisotopic (exact) mass is 348 g/mol. The molecule has 0 spiro atoms. The SMILES string of the molecule is O=C(NCCn1cccn1)c1ccc(S(=O)(=O)N2CCCC2)cc1. The van der Waals surface area contributed by atoms with Crippen molar-refractivity contribution in [2.45, 2.75) is 24.3 Å². The lowest BCUT2D eigenvalue weighted by molar-refractivity contribution is 0.0952. The number of hydrogen-bond donors (Lipinski definition) is 1. The summed E-state index contributed by atoms with van der Waals surface area (Å²) in [5, 5.41) is 6.85. The van der Waals surface area contributed by atoms with E-state index in [-0.39, 0.29) is 10.8 Å². The minimum Gasteiger partial charge on any atom is -0.350 e. The maximum atomic E-state index is 12.4. The molecule has 0 radical (unpaired) electrons. The highest BCUT2D eigenvalue weighted by Crippen LogP contribution is 2.21. The summed E-state index contributed by atoms with van der Waals surface area (Å²) in [6.07, 6.45) is 5.30. The first-order valence-corrected chi connectivity index (χ1v) is 9.37. The minimum atomic E-state index is -3.44. The zero-order chi connectivity index (χ0) is 17.0. The maximum absolute atomic E-state index is 12.4. The summed E-state index contributed by atoms with van der Waals surface area (Å²) in [4.78, 5) is 12.3. The molecule has 0 aliphatic carbocycles. The van der Waals surface area contributed by atoms with Gasteiger partial charge in [0.1, 0.15) is 0 Å². The van der Waals surface area contributed by atoms with Crippen molar-refractivity contribution in [1.29, 1.82) is 0 Å². The molecule has 1 aromatic carbocycles. The van der Waals surface area contributed by atoms with Crippen LogP contribution in [0.2, 0.25) is 0 Å². The van der Waals surface area contributed by atoms with Crippen LogP contribution in [0.15, 0.2) is 47.6 Å². The van der Waals surface area contributed by atoms with Crippen molar-refractivity contribution in [3.8, 4) is 0 Å². The molecule has 0 bridgehead atoms. The third-order valence-corrected chi connectivity index (χ3v) is 5.92. The predicted octanol–water partition coefficient (Wildman–Crippen LogP) is 1.10. The largest absolute Gasteiger partial charge is 0.350 e. The first-order valence-electron chi connectivity index (χ1n) is 7.93. The Morgan fingerprint density at radius 1 is 1.17 bits per heavy atom. The molecule has 2 aromatic rings. The minimum absolute atomic E-state index is 0.229. The van der Waals surface area contributed by atoms with Gasteiger partial charge in [-0.25, -0.2) is 8.42 Å². The molecule has 1 saturated heterocycles. The highest BCUT2D eigenvalue weighted by molar-refractivity contribution is 7.89. The van der Waals surface area contributed by atoms with Crippen LogP contribution in [0.4, 0.5) is 0 Å². The van der Waals surface area contributed by atoms with Gasteiger partial charge in [-0.3, -0.25) is 9.48 Å². The van der Waals surface area contributed by atoms with Gasteiger partial charge in [0.25, 0.3) is 5.91 Å². The molecule has 1 aromatic heterocycles. The molecule has 1 fully saturated rings. The fraction of sp³-hybridized carbons (Fsp3) is 0.375. The van der Waals surface area contributed by atoms with Gasteiger partial charge >= 0.3 is 0 Å². The molecule has 1 N–H and O–H groups in total. The van der Waals surface area contributed by atoms with E-state index in [0.29, 0.717) is 31.7 Å². The van der Waals surface area contributed by atoms with Gasteiger partial charge in [0.15, 0.2) is 0 Å². The number of hydrogen-bond acceptors (Lipinski definition) is 4. The summed E-state index contributed by atoms with van der Waals surface area (Å²) in [7, 11) is -3.44. The Bertz CT molecular complexity index is 779. The van der Waals surface area contributed by atoms with Crippen LogP contribution >= 0.6 is 0 Å². The predicted molar refractivity (Wildman–Crippen MR) is 89.0 cm³/mol. The van der Waals surface area contributed by atoms with Gasteiger partial charge < -0.3 is 5.32 Å². The zero-order valence-corrected chi connectivity index (χ0v) is 14.1. The molecule has 0 atom stereocenters. The van der Waals surface area contributed by atoms with Crippen LogP contribution in [0.5, 0.6) is 0 Å². The van der Waals surface area contributed by atoms with Crippen molar-refractivity contribution >= 4 is 15.9 Å². The van der Waals surface area contributed by atoms with Crippen molar-refractivity contribution in [2.75, 3.05) is 19.6 Å². The number of carbonyl (C=O) groups is 1. The highest BCUT2D eigenvalue weighted by atomic mass is 32.2. The van der Waals surface area contributed by atoms with E-state index in [4.69, 9.17) is 0 Å². The molecular weight excluding hydrogens is 328 g/mol. The van der Waals surface area contributed by atoms with Gasteiger partial charge in [-0.2, -0.15) is 9.40 Å². The molecule has 1 aliphatic rings. The second-order valence-electron chi connectivity index (χ2n) is 5.66. The molecule has 1 aliphatic heterocycles. The Hall–Kier alpha value is -2.19. The summed E-state index contributed by atoms with van der Waals surface area (Å²) >= 11 is 0. The standard InChI is InChI=1S/C16H20N4O3S/c21-16(17-9-13-19-10-3-8-18-19)14-4-6-15(7-5-14)24(22,23)20-11-1-2-12-20/h3-8,10H,1-2,9,11-13H2,(H,17,21). The van der Waals surface area contributed by atoms with Gasteiger partial charge in [0.2, 0.25) is 10.0 Å². The van der Waals surface area contributed by atoms with Gasteiger partial charge in [-0.05, 0) is 43.2 Å². The highest BCUT2D eigenvalue weighted by Gasteiger charge is 2.27. The molecule has 7 nitrogen and oxygen atoms in total. The normalized spacial score (nSPS) is 15.5. The lowest BCUT2D eigenvalue weighted by Gasteiger charge is -2.15. The lowest BCUT2D eigenvalue weighted by Crippen LogP contribution is -2.28. The molecule has 8 heteroatoms. The number of sulfonamides is 1. The van der Waals surface area contributed by atoms with E-state index in [2.05, 4.69) is 10.4 Å². The van der Waals surface area contributed by atoms with E-state index in [9.17, 15) is 13.2 Å². The number of rotatable bonds is 6. The summed E-state index contributed by atoms with van der Waals surface area (Å²) in [5.74, 6) is -0.229. The van der Waals surface area contributed by atoms with Crippen molar-refractivity contribution < 1.29 is 13.2 Å². The molecule has 1 amide bonds. The second kappa shape index (κ2) is 7.14. The van der Waals surface area contributed by atoms with Gasteiger partial charge in [-0.1, -0.05) is 0 Å². The summed E-state index contributed by atoms with van der Waals surface area (Å²) in [6, 6.07) is 7.91. The number of carbonyl (C=O) groups excluding carboxylic acids is 1. The maximum Gasteiger partial charge on any atom is 0.251 e. The smallest absolute Gasteiger partial charge is 0.251 e. The van der Waals surface area contributed by atoms with E-state index in [1.807, 2.05) is 12.3 Å². The van der Waals surface area contributed by atoms with Crippen LogP contribution in [0.3, 0.4) is 0 Å². The number of amides is 1. The molecule has 24 heavy (non-hydrogen) atoms. The van der Waals surface area contributed by atoms with Crippen LogP contribution in [0.25, 0.3) is 0 Å². The van der Waals surface area contributed by atoms with Gasteiger partial charge in [0, 0.05) is 37.6 Å². The third kappa shape index (κ3) is 3.65. The van der Waals surface area contributed by atoms with Crippen molar-refractivity contribution in [2.24, 2.45) is 0 Å². The molecule has 0 unspecified atom stereocenters. The van der Waals surface area contributed by atoms with E-state index in [1.54, 1.807) is 23.0 Å². The average Bonchev–Trinajstić information content (AvgIpc) is 3.29. The third-order valence-electron chi connectivity index (χ3n) is 4.00. The Morgan fingerprint density at radius 3 is 2.50 bits per heavy atom. The number of aromatic nitrogens is 2. The van der Waals surface area contributed by atoms with E-state index >= 15 is 0 Å². The topological polar surface area (TPSA) is 84.3 Å². The number of nitrogens with one attached hydrogen (secondary N) is 1. The number of nitrogens with zero attached hydrogens (tertiary/aromatic N) is 3. The Morgan fingerprint density at radius 2 is 1.88 bits per heavy atom. The average molecular weight is 348 g/mol. The first-order chi connectivity index (χ1) is 11.6. The lowest BCUT2D eigenvalue weighted by atomic mass is 10.2. The molecule has 0 saturated carbocycles. The number of benzene rings is 1. The second-order valence-corrected chi connectivity index (χ2v) is 7.60. The van der Waals surface area contributed by atoms with Gasteiger partial charge in [-0.15, -0.1) is 0 Å². The first kappa shape index (κ1) is 16.7. The summed E-state index contributed by atoms with van der Waals surface area (Å²) < 4.78 is 28.1. The van der Waals surface area contributed by atoms with E-state index in [0.717, 1.165) is 12.8 Å². The molecule has 2 heterocycles. The quantitative estimate of drug-likeness (QED) is 0.847. The molecular formula is C16H20N4O3S. The van der Waals surface area contributed by atoms with Crippen molar-refractivity contribution in [3.05, 3.63) is 48.3 Å². The zero-order valence-electron chi connectivity index (χ0n) is 13.3. The van der Waals surface area contributed by atoms with Crippen LogP contribution in [0, 0.1) is 0 Å². The van der Waals surface area contributed by atoms with Crippen LogP contribution in [-0.4, -0.2) is 48.0 Å². The molecule has 128 valence electrons. The fourth-order valence-corrected chi connectivity index (χ4v) is 4.19. The van der Waals surface area contributed by atoms with E-state index in [1.165, 1.54) is 16.4 Å². The Labute approximate surface area is 141 Å². The van der Waals surface area contributed by atoms with E-state index < -0.39 is 10.0 Å². The van der Waals surface area contributed by atoms with Crippen LogP contribution in [0.1, 0.15) is 23.2 Å². The fourth-order valence-electron chi connectivity index (χ4n) is 2.67. The Kier molecular flexibility index (Phi) is 4.96. The van der Waals surface area contributed by atoms with Crippen LogP contribution < -0.4 is 5.32 Å². The van der Waals surface area contributed by atoms with Gasteiger partial charge in [0.05, 0.1) is 11.4 Å². The molecule has 3 rings (SSSR count). The van der Waals surface area contributed by atoms with Crippen LogP contribution in [-0.2, 0) is 16.6 Å². The van der Waals surface area contributed by atoms with Crippen molar-refractivity contribution in [1.82, 2.24) is 19.4 Å². The summed E-state index contributed by atoms with van der Waals surface area (Å²) in [6.45, 7) is 2.17. The van der Waals surface area contributed by atoms with Crippen molar-refractivity contribution in [3.63, 3.8) is 0 Å². The summed E-state index contributed by atoms with van der Waals surface area (Å²) in [5.41, 5.74) is 0.441. The Balaban J connectivity index is 1.60.